The Bertz CT molecular complexity index is 544. The SMILES string of the molecule is CN1CC[C@]23C[C@@H](O)CC[C@H]2[C@H]1Cc1ccc(O)cc13. The number of phenolic OH excluding ortho intramolecular Hbond substituents is 1. The lowest BCUT2D eigenvalue weighted by Crippen LogP contribution is -2.61. The van der Waals surface area contributed by atoms with Crippen molar-refractivity contribution in [1.29, 1.82) is 0 Å². The fraction of sp³-hybridized carbons (Fsp3) is 0.647. The van der Waals surface area contributed by atoms with Gasteiger partial charge in [-0.15, -0.1) is 0 Å². The number of piperidine rings is 1. The van der Waals surface area contributed by atoms with Crippen molar-refractivity contribution in [3.8, 4) is 5.75 Å². The molecule has 0 radical (unpaired) electrons. The van der Waals surface area contributed by atoms with Gasteiger partial charge in [-0.25, -0.2) is 0 Å². The van der Waals surface area contributed by atoms with Crippen LogP contribution in [0.3, 0.4) is 0 Å². The van der Waals surface area contributed by atoms with E-state index in [2.05, 4.69) is 18.0 Å². The van der Waals surface area contributed by atoms with Gasteiger partial charge in [-0.1, -0.05) is 6.07 Å². The number of phenols is 1. The zero-order chi connectivity index (χ0) is 13.9. The second kappa shape index (κ2) is 4.22. The van der Waals surface area contributed by atoms with Crippen LogP contribution in [0, 0.1) is 5.92 Å². The molecular formula is C17H23NO2. The molecule has 108 valence electrons. The van der Waals surface area contributed by atoms with Crippen LogP contribution in [0.5, 0.6) is 5.75 Å². The molecule has 2 aliphatic carbocycles. The predicted octanol–water partition coefficient (Wildman–Crippen LogP) is 2.05. The number of hydrogen-bond donors (Lipinski definition) is 2. The van der Waals surface area contributed by atoms with Gasteiger partial charge in [0.2, 0.25) is 0 Å². The Morgan fingerprint density at radius 3 is 3.00 bits per heavy atom. The highest BCUT2D eigenvalue weighted by molar-refractivity contribution is 5.45. The summed E-state index contributed by atoms with van der Waals surface area (Å²) in [5.41, 5.74) is 2.80. The Kier molecular flexibility index (Phi) is 2.67. The third kappa shape index (κ3) is 1.60. The zero-order valence-electron chi connectivity index (χ0n) is 12.0. The topological polar surface area (TPSA) is 43.7 Å². The number of aromatic hydroxyl groups is 1. The first-order chi connectivity index (χ1) is 9.60. The van der Waals surface area contributed by atoms with E-state index in [1.165, 1.54) is 11.1 Å². The molecule has 2 N–H and O–H groups in total. The lowest BCUT2D eigenvalue weighted by Gasteiger charge is -2.59. The van der Waals surface area contributed by atoms with Gasteiger partial charge in [0.25, 0.3) is 0 Å². The average Bonchev–Trinajstić information content (AvgIpc) is 2.43. The molecule has 1 aromatic carbocycles. The minimum absolute atomic E-state index is 0.0984. The van der Waals surface area contributed by atoms with Crippen molar-refractivity contribution in [2.75, 3.05) is 13.6 Å². The molecule has 3 aliphatic rings. The molecule has 1 aromatic rings. The maximum absolute atomic E-state index is 10.2. The minimum atomic E-state index is -0.177. The van der Waals surface area contributed by atoms with E-state index in [1.54, 1.807) is 0 Å². The highest BCUT2D eigenvalue weighted by Crippen LogP contribution is 2.55. The Morgan fingerprint density at radius 2 is 2.15 bits per heavy atom. The standard InChI is InChI=1S/C17H23NO2/c1-18-7-6-17-10-13(20)4-5-14(17)16(18)8-11-2-3-12(19)9-15(11)17/h2-3,9,13-14,16,19-20H,4-8,10H2,1H3/t13-,14-,16+,17-/m0/s1. The number of aliphatic hydroxyl groups is 1. The van der Waals surface area contributed by atoms with Crippen molar-refractivity contribution >= 4 is 0 Å². The van der Waals surface area contributed by atoms with E-state index < -0.39 is 0 Å². The van der Waals surface area contributed by atoms with E-state index in [-0.39, 0.29) is 11.5 Å². The van der Waals surface area contributed by atoms with Gasteiger partial charge in [0.05, 0.1) is 6.10 Å². The van der Waals surface area contributed by atoms with E-state index in [0.29, 0.717) is 17.7 Å². The quantitative estimate of drug-likeness (QED) is 0.760. The summed E-state index contributed by atoms with van der Waals surface area (Å²) >= 11 is 0. The fourth-order valence-electron chi connectivity index (χ4n) is 5.19. The Labute approximate surface area is 120 Å². The summed E-state index contributed by atoms with van der Waals surface area (Å²) in [4.78, 5) is 2.51. The first-order valence-electron chi connectivity index (χ1n) is 7.81. The van der Waals surface area contributed by atoms with Crippen molar-refractivity contribution in [2.45, 2.75) is 49.7 Å². The van der Waals surface area contributed by atoms with Crippen LogP contribution in [0.15, 0.2) is 18.2 Å². The number of hydrogen-bond acceptors (Lipinski definition) is 3. The fourth-order valence-corrected chi connectivity index (χ4v) is 5.19. The van der Waals surface area contributed by atoms with E-state index in [9.17, 15) is 10.2 Å². The summed E-state index contributed by atoms with van der Waals surface area (Å²) in [6, 6.07) is 6.48. The Balaban J connectivity index is 1.90. The largest absolute Gasteiger partial charge is 0.508 e. The normalized spacial score (nSPS) is 40.0. The second-order valence-electron chi connectivity index (χ2n) is 7.04. The van der Waals surface area contributed by atoms with Crippen molar-refractivity contribution in [3.05, 3.63) is 29.3 Å². The molecule has 1 saturated heterocycles. The van der Waals surface area contributed by atoms with Gasteiger partial charge in [-0.05, 0) is 74.9 Å². The summed E-state index contributed by atoms with van der Waals surface area (Å²) in [5.74, 6) is 1.01. The molecule has 1 saturated carbocycles. The van der Waals surface area contributed by atoms with Crippen molar-refractivity contribution in [3.63, 3.8) is 0 Å². The molecule has 0 unspecified atom stereocenters. The number of rotatable bonds is 0. The number of nitrogens with zero attached hydrogens (tertiary/aromatic N) is 1. The smallest absolute Gasteiger partial charge is 0.115 e. The van der Waals surface area contributed by atoms with E-state index in [1.807, 2.05) is 12.1 Å². The number of likely N-dealkylation sites (tertiary alicyclic amines) is 1. The van der Waals surface area contributed by atoms with Crippen LogP contribution in [-0.2, 0) is 11.8 Å². The van der Waals surface area contributed by atoms with Gasteiger partial charge in [0.1, 0.15) is 5.75 Å². The summed E-state index contributed by atoms with van der Waals surface area (Å²) in [7, 11) is 2.24. The lowest BCUT2D eigenvalue weighted by atomic mass is 9.52. The van der Waals surface area contributed by atoms with Crippen LogP contribution in [0.1, 0.15) is 36.8 Å². The molecule has 4 atom stereocenters. The van der Waals surface area contributed by atoms with Gasteiger partial charge in [-0.2, -0.15) is 0 Å². The van der Waals surface area contributed by atoms with E-state index in [0.717, 1.165) is 38.6 Å². The third-order valence-electron chi connectivity index (χ3n) is 6.12. The van der Waals surface area contributed by atoms with Gasteiger partial charge in [0.15, 0.2) is 0 Å². The Hall–Kier alpha value is -1.06. The monoisotopic (exact) mass is 273 g/mol. The molecule has 2 bridgehead atoms. The van der Waals surface area contributed by atoms with Crippen LogP contribution in [-0.4, -0.2) is 40.9 Å². The third-order valence-corrected chi connectivity index (χ3v) is 6.12. The molecule has 0 aromatic heterocycles. The predicted molar refractivity (Wildman–Crippen MR) is 77.9 cm³/mol. The molecule has 1 aliphatic heterocycles. The van der Waals surface area contributed by atoms with E-state index in [4.69, 9.17) is 0 Å². The first kappa shape index (κ1) is 12.7. The number of benzene rings is 1. The molecule has 3 heteroatoms. The maximum atomic E-state index is 10.2. The van der Waals surface area contributed by atoms with Gasteiger partial charge < -0.3 is 15.1 Å². The van der Waals surface area contributed by atoms with Gasteiger partial charge >= 0.3 is 0 Å². The summed E-state index contributed by atoms with van der Waals surface area (Å²) in [6.07, 6.45) is 4.95. The molecule has 20 heavy (non-hydrogen) atoms. The molecule has 1 heterocycles. The van der Waals surface area contributed by atoms with E-state index >= 15 is 0 Å². The van der Waals surface area contributed by atoms with Gasteiger partial charge in [0, 0.05) is 11.5 Å². The average molecular weight is 273 g/mol. The summed E-state index contributed by atoms with van der Waals surface area (Å²) in [6.45, 7) is 1.10. The highest BCUT2D eigenvalue weighted by atomic mass is 16.3. The Morgan fingerprint density at radius 1 is 1.30 bits per heavy atom. The molecular weight excluding hydrogens is 250 g/mol. The highest BCUT2D eigenvalue weighted by Gasteiger charge is 2.54. The summed E-state index contributed by atoms with van der Waals surface area (Å²) < 4.78 is 0. The lowest BCUT2D eigenvalue weighted by molar-refractivity contribution is -0.0393. The van der Waals surface area contributed by atoms with Crippen LogP contribution in [0.25, 0.3) is 0 Å². The summed E-state index contributed by atoms with van der Waals surface area (Å²) in [5, 5.41) is 20.2. The molecule has 2 fully saturated rings. The van der Waals surface area contributed by atoms with Crippen molar-refractivity contribution in [2.24, 2.45) is 5.92 Å². The van der Waals surface area contributed by atoms with Crippen LogP contribution < -0.4 is 0 Å². The number of aliphatic hydroxyl groups excluding tert-OH is 1. The number of fused-ring (bicyclic) bond motifs is 1. The number of likely N-dealkylation sites (N-methyl/N-ethyl adjacent to an activating group) is 1. The second-order valence-corrected chi connectivity index (χ2v) is 7.04. The minimum Gasteiger partial charge on any atom is -0.508 e. The van der Waals surface area contributed by atoms with Crippen LogP contribution >= 0.6 is 0 Å². The van der Waals surface area contributed by atoms with Crippen LogP contribution in [0.2, 0.25) is 0 Å². The van der Waals surface area contributed by atoms with Crippen molar-refractivity contribution < 1.29 is 10.2 Å². The first-order valence-corrected chi connectivity index (χ1v) is 7.81. The van der Waals surface area contributed by atoms with Crippen molar-refractivity contribution in [1.82, 2.24) is 4.90 Å². The molecule has 0 spiro atoms. The van der Waals surface area contributed by atoms with Gasteiger partial charge in [-0.3, -0.25) is 0 Å². The van der Waals surface area contributed by atoms with Crippen LogP contribution in [0.4, 0.5) is 0 Å². The zero-order valence-corrected chi connectivity index (χ0v) is 12.0. The maximum Gasteiger partial charge on any atom is 0.115 e. The molecule has 3 nitrogen and oxygen atoms in total. The molecule has 0 amide bonds. The molecule has 4 rings (SSSR count).